The molecule has 0 aromatic carbocycles. The Labute approximate surface area is 218 Å². The van der Waals surface area contributed by atoms with Crippen LogP contribution in [0.25, 0.3) is 0 Å². The first-order valence-corrected chi connectivity index (χ1v) is 24.0. The molecule has 0 aliphatic heterocycles. The van der Waals surface area contributed by atoms with Gasteiger partial charge in [0, 0.05) is 49.4 Å². The van der Waals surface area contributed by atoms with Crippen molar-refractivity contribution in [2.75, 3.05) is 0 Å². The Hall–Kier alpha value is 2.45. The van der Waals surface area contributed by atoms with Crippen molar-refractivity contribution in [1.29, 1.82) is 0 Å². The van der Waals surface area contributed by atoms with Gasteiger partial charge in [0.05, 0.1) is 32.3 Å². The van der Waals surface area contributed by atoms with Crippen LogP contribution in [0.4, 0.5) is 0 Å². The van der Waals surface area contributed by atoms with E-state index in [9.17, 15) is 0 Å². The number of rotatable bonds is 4. The van der Waals surface area contributed by atoms with Crippen LogP contribution in [0.3, 0.4) is 0 Å². The summed E-state index contributed by atoms with van der Waals surface area (Å²) in [5.41, 5.74) is 6.46. The third-order valence-electron chi connectivity index (χ3n) is 4.97. The van der Waals surface area contributed by atoms with Gasteiger partial charge in [-0.3, -0.25) is 0 Å². The molecule has 27 heavy (non-hydrogen) atoms. The molecule has 0 amide bonds. The molecule has 0 saturated heterocycles. The predicted molar refractivity (Wildman–Crippen MR) is 132 cm³/mol. The van der Waals surface area contributed by atoms with E-state index in [4.69, 9.17) is 0 Å². The van der Waals surface area contributed by atoms with Gasteiger partial charge in [-0.15, -0.1) is 0 Å². The van der Waals surface area contributed by atoms with Gasteiger partial charge in [0.15, 0.2) is 0 Å². The standard InChI is InChI=1S/2C11H21Si2.Eu/c2*1-12(2,3)10-7-8-11(9-10)13(4,5)6;/h2*7-9H,1-6H3;. The molecule has 0 aromatic rings. The summed E-state index contributed by atoms with van der Waals surface area (Å²) in [4.78, 5) is 0. The van der Waals surface area contributed by atoms with Gasteiger partial charge >= 0.3 is 0 Å². The normalized spacial score (nSPS) is 21.8. The Balaban J connectivity index is 0.000000483. The van der Waals surface area contributed by atoms with Gasteiger partial charge in [0.1, 0.15) is 0 Å². The zero-order chi connectivity index (χ0) is 20.6. The summed E-state index contributed by atoms with van der Waals surface area (Å²) in [5.74, 6) is 0. The SMILES string of the molecule is C[Si](C)(C)[C]1[CH][CH][C]([Si](C)(C)C)[CH]1.C[Si](C)(C)[C]1[CH][CH][C]([Si](C)(C)C)[CH]1.[Eu]. The second kappa shape index (κ2) is 10.9. The fourth-order valence-electron chi connectivity index (χ4n) is 2.75. The van der Waals surface area contributed by atoms with E-state index in [1.807, 2.05) is 0 Å². The molecule has 0 nitrogen and oxygen atoms in total. The van der Waals surface area contributed by atoms with Crippen molar-refractivity contribution in [3.8, 4) is 0 Å². The van der Waals surface area contributed by atoms with Crippen LogP contribution < -0.4 is 0 Å². The zero-order valence-corrected chi connectivity index (χ0v) is 26.3. The summed E-state index contributed by atoms with van der Waals surface area (Å²) in [6.07, 6.45) is 14.3. The second-order valence-electron chi connectivity index (χ2n) is 11.8. The molecule has 5 heteroatoms. The first-order chi connectivity index (χ1) is 11.4. The summed E-state index contributed by atoms with van der Waals surface area (Å²) < 4.78 is 0. The van der Waals surface area contributed by atoms with Gasteiger partial charge in [0.25, 0.3) is 0 Å². The number of hydrogen-bond acceptors (Lipinski definition) is 0. The van der Waals surface area contributed by atoms with Crippen molar-refractivity contribution >= 4 is 32.3 Å². The van der Waals surface area contributed by atoms with Crippen LogP contribution in [0.2, 0.25) is 78.6 Å². The van der Waals surface area contributed by atoms with E-state index in [-0.39, 0.29) is 49.4 Å². The van der Waals surface area contributed by atoms with Crippen molar-refractivity contribution < 1.29 is 49.4 Å². The van der Waals surface area contributed by atoms with Crippen LogP contribution >= 0.6 is 0 Å². The molecule has 0 atom stereocenters. The molecule has 2 saturated carbocycles. The molecule has 11 radical (unpaired) electrons. The molecule has 0 N–H and O–H groups in total. The summed E-state index contributed by atoms with van der Waals surface area (Å²) >= 11 is 0. The van der Waals surface area contributed by atoms with E-state index in [1.54, 1.807) is 22.2 Å². The molecule has 0 heterocycles. The van der Waals surface area contributed by atoms with E-state index < -0.39 is 32.3 Å². The van der Waals surface area contributed by atoms with E-state index in [0.717, 1.165) is 0 Å². The Morgan fingerprint density at radius 1 is 0.370 bits per heavy atom. The van der Waals surface area contributed by atoms with Crippen LogP contribution in [-0.4, -0.2) is 32.3 Å². The maximum absolute atomic E-state index is 2.46. The van der Waals surface area contributed by atoms with E-state index in [2.05, 4.69) is 117 Å². The minimum absolute atomic E-state index is 0. The third-order valence-corrected chi connectivity index (χ3v) is 13.1. The van der Waals surface area contributed by atoms with Crippen LogP contribution in [0.5, 0.6) is 0 Å². The smallest absolute Gasteiger partial charge is 0.0516 e. The summed E-state index contributed by atoms with van der Waals surface area (Å²) in [6, 6.07) is 0. The summed E-state index contributed by atoms with van der Waals surface area (Å²) in [7, 11) is -4.28. The summed E-state index contributed by atoms with van der Waals surface area (Å²) in [6.45, 7) is 29.0. The topological polar surface area (TPSA) is 0 Å². The molecule has 2 aliphatic carbocycles. The van der Waals surface area contributed by atoms with Crippen molar-refractivity contribution in [2.24, 2.45) is 0 Å². The molecule has 0 spiro atoms. The van der Waals surface area contributed by atoms with Crippen LogP contribution in [0, 0.1) is 110 Å². The molecule has 0 aromatic heterocycles. The van der Waals surface area contributed by atoms with Crippen molar-refractivity contribution in [1.82, 2.24) is 0 Å². The molecule has 0 bridgehead atoms. The quantitative estimate of drug-likeness (QED) is 0.318. The Morgan fingerprint density at radius 3 is 0.593 bits per heavy atom. The molecule has 2 rings (SSSR count). The van der Waals surface area contributed by atoms with Gasteiger partial charge < -0.3 is 0 Å². The largest absolute Gasteiger partial charge is 0.0691 e. The van der Waals surface area contributed by atoms with E-state index in [0.29, 0.717) is 0 Å². The van der Waals surface area contributed by atoms with Gasteiger partial charge in [0.2, 0.25) is 0 Å². The zero-order valence-electron chi connectivity index (χ0n) is 19.8. The third kappa shape index (κ3) is 10.1. The predicted octanol–water partition coefficient (Wildman–Crippen LogP) is 7.03. The Bertz CT molecular complexity index is 355. The Kier molecular flexibility index (Phi) is 11.8. The van der Waals surface area contributed by atoms with Crippen LogP contribution in [0.15, 0.2) is 0 Å². The van der Waals surface area contributed by atoms with Crippen molar-refractivity contribution in [2.45, 2.75) is 78.6 Å². The maximum Gasteiger partial charge on any atom is 0.0516 e. The first kappa shape index (κ1) is 29.5. The molecular formula is C22H42EuSi4. The molecule has 0 unspecified atom stereocenters. The van der Waals surface area contributed by atoms with Gasteiger partial charge in [-0.2, -0.15) is 0 Å². The van der Waals surface area contributed by atoms with Crippen LogP contribution in [-0.2, 0) is 0 Å². The molecule has 2 aliphatic rings. The number of hydrogen-bond donors (Lipinski definition) is 0. The van der Waals surface area contributed by atoms with Gasteiger partial charge in [-0.25, -0.2) is 0 Å². The van der Waals surface area contributed by atoms with Gasteiger partial charge in [-0.1, -0.05) is 78.6 Å². The minimum Gasteiger partial charge on any atom is -0.0691 e. The fraction of sp³-hybridized carbons (Fsp3) is 0.545. The van der Waals surface area contributed by atoms with Gasteiger partial charge in [-0.05, 0) is 60.7 Å². The monoisotopic (exact) mass is 571 g/mol. The fourth-order valence-corrected chi connectivity index (χ4v) is 7.73. The van der Waals surface area contributed by atoms with Crippen LogP contribution in [0.1, 0.15) is 0 Å². The van der Waals surface area contributed by atoms with Crippen molar-refractivity contribution in [3.63, 3.8) is 0 Å². The maximum atomic E-state index is 2.46. The Morgan fingerprint density at radius 2 is 0.519 bits per heavy atom. The molecule has 153 valence electrons. The summed E-state index contributed by atoms with van der Waals surface area (Å²) in [5, 5.41) is 0. The van der Waals surface area contributed by atoms with E-state index >= 15 is 0 Å². The second-order valence-corrected chi connectivity index (χ2v) is 32.1. The average molecular weight is 571 g/mol. The van der Waals surface area contributed by atoms with E-state index in [1.165, 1.54) is 0 Å². The van der Waals surface area contributed by atoms with Crippen molar-refractivity contribution in [3.05, 3.63) is 60.7 Å². The molecular weight excluding hydrogens is 529 g/mol. The molecule has 2 fully saturated rings. The first-order valence-electron chi connectivity index (χ1n) is 9.98. The average Bonchev–Trinajstić information content (AvgIpc) is 3.06. The minimum atomic E-state index is -1.07.